The molecule has 1 aromatic rings. The van der Waals surface area contributed by atoms with E-state index in [1.165, 1.54) is 12.1 Å². The maximum atomic E-state index is 12.8. The Labute approximate surface area is 107 Å². The minimum absolute atomic E-state index is 0.00595. The standard InChI is InChI=1S/C11H12F3NO2S/c12-11(13,14)8-6-7(10(15)18)2-3-9(8)17-5-1-4-16/h2-3,6,16H,1,4-5H2,(H2,15,18). The van der Waals surface area contributed by atoms with E-state index in [-0.39, 0.29) is 35.9 Å². The molecule has 0 bridgehead atoms. The van der Waals surface area contributed by atoms with Crippen molar-refractivity contribution in [2.75, 3.05) is 13.2 Å². The van der Waals surface area contributed by atoms with Crippen molar-refractivity contribution in [1.29, 1.82) is 0 Å². The van der Waals surface area contributed by atoms with Crippen LogP contribution in [0.25, 0.3) is 0 Å². The summed E-state index contributed by atoms with van der Waals surface area (Å²) in [7, 11) is 0. The van der Waals surface area contributed by atoms with Crippen molar-refractivity contribution in [1.82, 2.24) is 0 Å². The Hall–Kier alpha value is -1.34. The second-order valence-corrected chi connectivity index (χ2v) is 3.94. The van der Waals surface area contributed by atoms with Gasteiger partial charge in [-0.3, -0.25) is 0 Å². The van der Waals surface area contributed by atoms with Crippen molar-refractivity contribution >= 4 is 17.2 Å². The van der Waals surface area contributed by atoms with Gasteiger partial charge >= 0.3 is 6.18 Å². The SMILES string of the molecule is NC(=S)c1ccc(OCCCO)c(C(F)(F)F)c1. The van der Waals surface area contributed by atoms with Crippen molar-refractivity contribution < 1.29 is 23.0 Å². The van der Waals surface area contributed by atoms with Crippen LogP contribution in [0.15, 0.2) is 18.2 Å². The normalized spacial score (nSPS) is 11.3. The molecule has 7 heteroatoms. The van der Waals surface area contributed by atoms with E-state index in [9.17, 15) is 13.2 Å². The highest BCUT2D eigenvalue weighted by Crippen LogP contribution is 2.36. The molecule has 0 amide bonds. The summed E-state index contributed by atoms with van der Waals surface area (Å²) in [5.41, 5.74) is 4.49. The maximum Gasteiger partial charge on any atom is 0.419 e. The lowest BCUT2D eigenvalue weighted by Gasteiger charge is -2.14. The molecule has 0 radical (unpaired) electrons. The van der Waals surface area contributed by atoms with Crippen LogP contribution < -0.4 is 10.5 Å². The fraction of sp³-hybridized carbons (Fsp3) is 0.364. The zero-order chi connectivity index (χ0) is 13.8. The lowest BCUT2D eigenvalue weighted by atomic mass is 10.1. The van der Waals surface area contributed by atoms with E-state index in [0.717, 1.165) is 6.07 Å². The van der Waals surface area contributed by atoms with Gasteiger partial charge in [0.25, 0.3) is 0 Å². The molecule has 0 saturated carbocycles. The van der Waals surface area contributed by atoms with Gasteiger partial charge in [0.05, 0.1) is 12.2 Å². The molecule has 0 aliphatic heterocycles. The fourth-order valence-corrected chi connectivity index (χ4v) is 1.40. The van der Waals surface area contributed by atoms with Crippen LogP contribution in [0.4, 0.5) is 13.2 Å². The number of thiocarbonyl (C=S) groups is 1. The van der Waals surface area contributed by atoms with E-state index in [4.69, 9.17) is 15.6 Å². The van der Waals surface area contributed by atoms with E-state index in [0.29, 0.717) is 0 Å². The minimum Gasteiger partial charge on any atom is -0.493 e. The molecule has 18 heavy (non-hydrogen) atoms. The van der Waals surface area contributed by atoms with Crippen LogP contribution in [0.2, 0.25) is 0 Å². The van der Waals surface area contributed by atoms with Crippen LogP contribution in [-0.2, 0) is 6.18 Å². The summed E-state index contributed by atoms with van der Waals surface area (Å²) in [5.74, 6) is -0.295. The summed E-state index contributed by atoms with van der Waals surface area (Å²) in [5, 5.41) is 8.55. The highest BCUT2D eigenvalue weighted by molar-refractivity contribution is 7.80. The Morgan fingerprint density at radius 2 is 2.06 bits per heavy atom. The van der Waals surface area contributed by atoms with Gasteiger partial charge in [-0.1, -0.05) is 12.2 Å². The first-order valence-electron chi connectivity index (χ1n) is 5.11. The van der Waals surface area contributed by atoms with Crippen LogP contribution in [-0.4, -0.2) is 23.3 Å². The lowest BCUT2D eigenvalue weighted by molar-refractivity contribution is -0.139. The van der Waals surface area contributed by atoms with Gasteiger partial charge in [0.2, 0.25) is 0 Å². The lowest BCUT2D eigenvalue weighted by Crippen LogP contribution is -2.14. The Bertz CT molecular complexity index is 435. The van der Waals surface area contributed by atoms with Crippen molar-refractivity contribution in [2.45, 2.75) is 12.6 Å². The zero-order valence-corrected chi connectivity index (χ0v) is 10.1. The number of aliphatic hydroxyl groups excluding tert-OH is 1. The highest BCUT2D eigenvalue weighted by Gasteiger charge is 2.34. The van der Waals surface area contributed by atoms with Gasteiger partial charge in [0.15, 0.2) is 0 Å². The molecule has 0 spiro atoms. The Balaban J connectivity index is 3.05. The summed E-state index contributed by atoms with van der Waals surface area (Å²) in [6.45, 7) is -0.141. The second-order valence-electron chi connectivity index (χ2n) is 3.50. The topological polar surface area (TPSA) is 55.5 Å². The van der Waals surface area contributed by atoms with Gasteiger partial charge < -0.3 is 15.6 Å². The molecule has 1 aromatic carbocycles. The minimum atomic E-state index is -4.55. The molecule has 3 nitrogen and oxygen atoms in total. The van der Waals surface area contributed by atoms with Gasteiger partial charge in [-0.15, -0.1) is 0 Å². The first-order valence-corrected chi connectivity index (χ1v) is 5.52. The number of alkyl halides is 3. The summed E-state index contributed by atoms with van der Waals surface area (Å²) < 4.78 is 43.3. The first-order chi connectivity index (χ1) is 8.36. The summed E-state index contributed by atoms with van der Waals surface area (Å²) in [6, 6.07) is 3.40. The van der Waals surface area contributed by atoms with Gasteiger partial charge in [0, 0.05) is 18.6 Å². The molecule has 0 unspecified atom stereocenters. The number of hydrogen-bond acceptors (Lipinski definition) is 3. The third-order valence-corrected chi connectivity index (χ3v) is 2.37. The van der Waals surface area contributed by atoms with Gasteiger partial charge in [-0.2, -0.15) is 13.2 Å². The van der Waals surface area contributed by atoms with Crippen LogP contribution in [0, 0.1) is 0 Å². The molecular weight excluding hydrogens is 267 g/mol. The number of nitrogens with two attached hydrogens (primary N) is 1. The number of hydrogen-bond donors (Lipinski definition) is 2. The molecule has 0 fully saturated rings. The monoisotopic (exact) mass is 279 g/mol. The number of ether oxygens (including phenoxy) is 1. The highest BCUT2D eigenvalue weighted by atomic mass is 32.1. The van der Waals surface area contributed by atoms with Crippen LogP contribution in [0.3, 0.4) is 0 Å². The van der Waals surface area contributed by atoms with Crippen molar-refractivity contribution in [3.63, 3.8) is 0 Å². The van der Waals surface area contributed by atoms with Crippen molar-refractivity contribution in [2.24, 2.45) is 5.73 Å². The molecule has 0 aliphatic rings. The molecule has 0 heterocycles. The molecule has 0 atom stereocenters. The largest absolute Gasteiger partial charge is 0.493 e. The average molecular weight is 279 g/mol. The van der Waals surface area contributed by atoms with Crippen molar-refractivity contribution in [3.05, 3.63) is 29.3 Å². The van der Waals surface area contributed by atoms with Crippen molar-refractivity contribution in [3.8, 4) is 5.75 Å². The van der Waals surface area contributed by atoms with Gasteiger partial charge in [-0.25, -0.2) is 0 Å². The first kappa shape index (κ1) is 14.7. The molecule has 0 saturated heterocycles. The number of aliphatic hydroxyl groups is 1. The van der Waals surface area contributed by atoms with E-state index < -0.39 is 11.7 Å². The Morgan fingerprint density at radius 1 is 1.39 bits per heavy atom. The number of halogens is 3. The smallest absolute Gasteiger partial charge is 0.419 e. The predicted molar refractivity (Wildman–Crippen MR) is 64.5 cm³/mol. The zero-order valence-electron chi connectivity index (χ0n) is 9.33. The molecule has 0 aromatic heterocycles. The van der Waals surface area contributed by atoms with Crippen LogP contribution in [0.1, 0.15) is 17.5 Å². The second kappa shape index (κ2) is 6.01. The van der Waals surface area contributed by atoms with E-state index in [1.54, 1.807) is 0 Å². The average Bonchev–Trinajstić information content (AvgIpc) is 2.28. The predicted octanol–water partition coefficient (Wildman–Crippen LogP) is 2.10. The summed E-state index contributed by atoms with van der Waals surface area (Å²) in [4.78, 5) is -0.109. The van der Waals surface area contributed by atoms with E-state index in [2.05, 4.69) is 12.2 Å². The molecular formula is C11H12F3NO2S. The Morgan fingerprint density at radius 3 is 2.56 bits per heavy atom. The summed E-state index contributed by atoms with van der Waals surface area (Å²) >= 11 is 4.63. The van der Waals surface area contributed by atoms with E-state index >= 15 is 0 Å². The fourth-order valence-electron chi connectivity index (χ4n) is 1.28. The number of benzene rings is 1. The van der Waals surface area contributed by atoms with Crippen LogP contribution >= 0.6 is 12.2 Å². The molecule has 3 N–H and O–H groups in total. The molecule has 0 aliphatic carbocycles. The van der Waals surface area contributed by atoms with Crippen LogP contribution in [0.5, 0.6) is 5.75 Å². The summed E-state index contributed by atoms with van der Waals surface area (Å²) in [6.07, 6.45) is -4.29. The maximum absolute atomic E-state index is 12.8. The van der Waals surface area contributed by atoms with E-state index in [1.807, 2.05) is 0 Å². The van der Waals surface area contributed by atoms with Gasteiger partial charge in [-0.05, 0) is 18.2 Å². The molecule has 1 rings (SSSR count). The third kappa shape index (κ3) is 3.85. The quantitative estimate of drug-likeness (QED) is 0.640. The number of rotatable bonds is 5. The third-order valence-electron chi connectivity index (χ3n) is 2.13. The Kier molecular flexibility index (Phi) is 4.92. The van der Waals surface area contributed by atoms with Gasteiger partial charge in [0.1, 0.15) is 10.7 Å². The molecule has 100 valence electrons.